The molecule has 3 rings (SSSR count). The zero-order valence-electron chi connectivity index (χ0n) is 17.0. The van der Waals surface area contributed by atoms with Crippen molar-refractivity contribution in [3.63, 3.8) is 0 Å². The molecule has 0 amide bonds. The van der Waals surface area contributed by atoms with Gasteiger partial charge in [-0.25, -0.2) is 14.6 Å². The first-order valence-electron chi connectivity index (χ1n) is 9.14. The second kappa shape index (κ2) is 10.3. The first kappa shape index (κ1) is 23.5. The van der Waals surface area contributed by atoms with E-state index in [-0.39, 0.29) is 27.3 Å². The lowest BCUT2D eigenvalue weighted by molar-refractivity contribution is -0.143. The van der Waals surface area contributed by atoms with Crippen LogP contribution in [0.1, 0.15) is 39.2 Å². The number of H-pyrrole nitrogens is 1. The molecule has 1 aliphatic rings. The van der Waals surface area contributed by atoms with Gasteiger partial charge in [0, 0.05) is 23.8 Å². The van der Waals surface area contributed by atoms with Crippen molar-refractivity contribution >= 4 is 35.1 Å². The number of halogens is 2. The van der Waals surface area contributed by atoms with E-state index >= 15 is 0 Å². The van der Waals surface area contributed by atoms with Gasteiger partial charge in [-0.05, 0) is 39.3 Å². The fourth-order valence-corrected chi connectivity index (χ4v) is 3.51. The van der Waals surface area contributed by atoms with E-state index in [4.69, 9.17) is 27.9 Å². The highest BCUT2D eigenvalue weighted by atomic mass is 35.5. The first-order chi connectivity index (χ1) is 14.1. The first-order valence-corrected chi connectivity index (χ1v) is 9.90. The molecule has 0 aliphatic carbocycles. The number of imidazole rings is 1. The van der Waals surface area contributed by atoms with Crippen molar-refractivity contribution in [3.05, 3.63) is 75.1 Å². The molecule has 0 spiro atoms. The number of carboxylic acids is 1. The molecule has 0 saturated heterocycles. The van der Waals surface area contributed by atoms with Crippen molar-refractivity contribution in [2.45, 2.75) is 39.7 Å². The predicted molar refractivity (Wildman–Crippen MR) is 115 cm³/mol. The quantitative estimate of drug-likeness (QED) is 0.583. The third-order valence-electron chi connectivity index (χ3n) is 4.25. The summed E-state index contributed by atoms with van der Waals surface area (Å²) in [6.45, 7) is 6.79. The molecule has 1 unspecified atom stereocenters. The highest BCUT2D eigenvalue weighted by Gasteiger charge is 2.38. The number of carbonyl (C=O) groups excluding carboxylic acids is 1. The van der Waals surface area contributed by atoms with Crippen LogP contribution in [-0.2, 0) is 14.3 Å². The Morgan fingerprint density at radius 2 is 1.83 bits per heavy atom. The van der Waals surface area contributed by atoms with Gasteiger partial charge in [0.15, 0.2) is 0 Å². The van der Waals surface area contributed by atoms with Gasteiger partial charge in [0.25, 0.3) is 0 Å². The van der Waals surface area contributed by atoms with Crippen LogP contribution in [0.25, 0.3) is 0 Å². The number of carboxylic acid groups (broad SMARTS) is 1. The SMILES string of the molecule is CC1=C(C(=O)O)C(c2cccc(Cl)c2Cl)C(C(=O)OC(C)C)=C(C)N1.c1c[nH]cn1. The minimum absolute atomic E-state index is 0.0328. The van der Waals surface area contributed by atoms with E-state index in [0.29, 0.717) is 17.0 Å². The average Bonchev–Trinajstić information content (AvgIpc) is 3.22. The van der Waals surface area contributed by atoms with Gasteiger partial charge in [-0.15, -0.1) is 0 Å². The summed E-state index contributed by atoms with van der Waals surface area (Å²) in [5.74, 6) is -2.61. The van der Waals surface area contributed by atoms with Crippen molar-refractivity contribution in [1.29, 1.82) is 0 Å². The van der Waals surface area contributed by atoms with E-state index < -0.39 is 17.9 Å². The molecule has 7 nitrogen and oxygen atoms in total. The van der Waals surface area contributed by atoms with Gasteiger partial charge >= 0.3 is 11.9 Å². The predicted octanol–water partition coefficient (Wildman–Crippen LogP) is 4.67. The summed E-state index contributed by atoms with van der Waals surface area (Å²) in [5.41, 5.74) is 1.65. The summed E-state index contributed by atoms with van der Waals surface area (Å²) in [4.78, 5) is 31.0. The summed E-state index contributed by atoms with van der Waals surface area (Å²) in [6.07, 6.45) is 4.74. The lowest BCUT2D eigenvalue weighted by Crippen LogP contribution is -2.32. The maximum atomic E-state index is 12.7. The van der Waals surface area contributed by atoms with Gasteiger partial charge in [0.2, 0.25) is 0 Å². The number of aromatic nitrogens is 2. The smallest absolute Gasteiger partial charge is 0.337 e. The summed E-state index contributed by atoms with van der Waals surface area (Å²) >= 11 is 12.4. The molecular formula is C21H23Cl2N3O4. The third kappa shape index (κ3) is 5.43. The number of dihydropyridines is 1. The largest absolute Gasteiger partial charge is 0.478 e. The number of esters is 1. The third-order valence-corrected chi connectivity index (χ3v) is 5.09. The van der Waals surface area contributed by atoms with Crippen LogP contribution in [0.4, 0.5) is 0 Å². The number of aliphatic carboxylic acids is 1. The molecular weight excluding hydrogens is 429 g/mol. The number of hydrogen-bond donors (Lipinski definition) is 3. The van der Waals surface area contributed by atoms with Gasteiger partial charge in [0.05, 0.1) is 39.5 Å². The Bertz CT molecular complexity index is 965. The molecule has 0 radical (unpaired) electrons. The molecule has 2 heterocycles. The van der Waals surface area contributed by atoms with E-state index in [1.807, 2.05) is 0 Å². The number of rotatable bonds is 4. The zero-order valence-corrected chi connectivity index (χ0v) is 18.5. The topological polar surface area (TPSA) is 104 Å². The Morgan fingerprint density at radius 1 is 1.17 bits per heavy atom. The molecule has 160 valence electrons. The summed E-state index contributed by atoms with van der Waals surface area (Å²) in [7, 11) is 0. The number of hydrogen-bond acceptors (Lipinski definition) is 5. The number of aromatic amines is 1. The average molecular weight is 452 g/mol. The molecule has 3 N–H and O–H groups in total. The van der Waals surface area contributed by atoms with Crippen molar-refractivity contribution in [3.8, 4) is 0 Å². The summed E-state index contributed by atoms with van der Waals surface area (Å²) in [5, 5.41) is 13.2. The van der Waals surface area contributed by atoms with Crippen molar-refractivity contribution in [2.75, 3.05) is 0 Å². The minimum Gasteiger partial charge on any atom is -0.478 e. The van der Waals surface area contributed by atoms with Crippen molar-refractivity contribution in [2.24, 2.45) is 0 Å². The van der Waals surface area contributed by atoms with E-state index in [9.17, 15) is 14.7 Å². The van der Waals surface area contributed by atoms with Gasteiger partial charge in [-0.2, -0.15) is 0 Å². The molecule has 0 bridgehead atoms. The van der Waals surface area contributed by atoms with Crippen LogP contribution in [0.2, 0.25) is 10.0 Å². The second-order valence-corrected chi connectivity index (χ2v) is 7.58. The Balaban J connectivity index is 0.000000558. The normalized spacial score (nSPS) is 16.0. The number of ether oxygens (including phenoxy) is 1. The van der Waals surface area contributed by atoms with Crippen LogP contribution >= 0.6 is 23.2 Å². The second-order valence-electron chi connectivity index (χ2n) is 6.80. The monoisotopic (exact) mass is 451 g/mol. The van der Waals surface area contributed by atoms with Crippen LogP contribution in [0, 0.1) is 0 Å². The number of nitrogens with one attached hydrogen (secondary N) is 2. The van der Waals surface area contributed by atoms with E-state index in [1.165, 1.54) is 0 Å². The fourth-order valence-electron chi connectivity index (χ4n) is 3.10. The van der Waals surface area contributed by atoms with Crippen LogP contribution in [0.3, 0.4) is 0 Å². The number of benzene rings is 1. The Hall–Kier alpha value is -2.77. The lowest BCUT2D eigenvalue weighted by atomic mass is 9.80. The van der Waals surface area contributed by atoms with Crippen molar-refractivity contribution in [1.82, 2.24) is 15.3 Å². The zero-order chi connectivity index (χ0) is 22.4. The van der Waals surface area contributed by atoms with Crippen LogP contribution in [0.15, 0.2) is 59.5 Å². The molecule has 0 fully saturated rings. The maximum Gasteiger partial charge on any atom is 0.337 e. The molecule has 1 aliphatic heterocycles. The standard InChI is InChI=1S/C18H19Cl2NO4.C3H4N2/c1-8(2)25-18(24)14-10(4)21-9(3)13(17(22)23)15(14)11-6-5-7-12(19)16(11)20;1-2-5-3-4-1/h5-8,15,21H,1-4H3,(H,22,23);1-3H,(H,4,5). The van der Waals surface area contributed by atoms with Gasteiger partial charge < -0.3 is 20.1 Å². The minimum atomic E-state index is -1.15. The van der Waals surface area contributed by atoms with Crippen LogP contribution < -0.4 is 5.32 Å². The molecule has 1 atom stereocenters. The molecule has 0 saturated carbocycles. The lowest BCUT2D eigenvalue weighted by Gasteiger charge is -2.30. The Labute approximate surface area is 184 Å². The number of allylic oxidation sites excluding steroid dienone is 2. The number of nitrogens with zero attached hydrogens (tertiary/aromatic N) is 1. The molecule has 1 aromatic heterocycles. The molecule has 2 aromatic rings. The highest BCUT2D eigenvalue weighted by Crippen LogP contribution is 2.43. The fraction of sp³-hybridized carbons (Fsp3) is 0.286. The van der Waals surface area contributed by atoms with E-state index in [2.05, 4.69) is 15.3 Å². The maximum absolute atomic E-state index is 12.7. The van der Waals surface area contributed by atoms with E-state index in [1.54, 1.807) is 64.6 Å². The van der Waals surface area contributed by atoms with E-state index in [0.717, 1.165) is 0 Å². The van der Waals surface area contributed by atoms with Gasteiger partial charge in [-0.3, -0.25) is 0 Å². The number of carbonyl (C=O) groups is 2. The molecule has 30 heavy (non-hydrogen) atoms. The van der Waals surface area contributed by atoms with Crippen molar-refractivity contribution < 1.29 is 19.4 Å². The summed E-state index contributed by atoms with van der Waals surface area (Å²) < 4.78 is 5.32. The van der Waals surface area contributed by atoms with Gasteiger partial charge in [-0.1, -0.05) is 35.3 Å². The summed E-state index contributed by atoms with van der Waals surface area (Å²) in [6, 6.07) is 4.94. The molecule has 9 heteroatoms. The Kier molecular flexibility index (Phi) is 8.08. The Morgan fingerprint density at radius 3 is 2.33 bits per heavy atom. The van der Waals surface area contributed by atoms with Gasteiger partial charge in [0.1, 0.15) is 0 Å². The molecule has 1 aromatic carbocycles. The highest BCUT2D eigenvalue weighted by molar-refractivity contribution is 6.42. The van der Waals surface area contributed by atoms with Crippen LogP contribution in [0.5, 0.6) is 0 Å². The van der Waals surface area contributed by atoms with Crippen LogP contribution in [-0.4, -0.2) is 33.1 Å².